The van der Waals surface area contributed by atoms with E-state index in [0.717, 1.165) is 10.3 Å². The molecule has 9 heavy (non-hydrogen) atoms. The third-order valence-corrected chi connectivity index (χ3v) is 1.96. The van der Waals surface area contributed by atoms with Crippen LogP contribution in [0.4, 0.5) is 0 Å². The lowest BCUT2D eigenvalue weighted by molar-refractivity contribution is 0.694. The molecule has 0 N–H and O–H groups in total. The summed E-state index contributed by atoms with van der Waals surface area (Å²) >= 11 is 7.32. The van der Waals surface area contributed by atoms with Gasteiger partial charge in [0.2, 0.25) is 0 Å². The zero-order valence-corrected chi connectivity index (χ0v) is 7.35. The predicted octanol–water partition coefficient (Wildman–Crippen LogP) is 1.01. The number of hydrogen-bond acceptors (Lipinski definition) is 3. The molecule has 0 saturated carbocycles. The van der Waals surface area contributed by atoms with Crippen molar-refractivity contribution >= 4 is 28.6 Å². The van der Waals surface area contributed by atoms with Gasteiger partial charge < -0.3 is 0 Å². The van der Waals surface area contributed by atoms with E-state index in [4.69, 9.17) is 0 Å². The van der Waals surface area contributed by atoms with Gasteiger partial charge in [0.1, 0.15) is 0 Å². The number of nitrogens with zero attached hydrogens (tertiary/aromatic N) is 3. The summed E-state index contributed by atoms with van der Waals surface area (Å²) in [4.78, 5) is 0. The smallest absolute Gasteiger partial charge is 0.152 e. The van der Waals surface area contributed by atoms with Crippen LogP contribution in [0.15, 0.2) is 4.60 Å². The maximum atomic E-state index is 4.08. The van der Waals surface area contributed by atoms with Crippen LogP contribution in [0.25, 0.3) is 0 Å². The molecule has 1 rings (SSSR count). The molecular formula is C4H6BrN3S. The third kappa shape index (κ3) is 1.27. The summed E-state index contributed by atoms with van der Waals surface area (Å²) < 4.78 is 2.47. The van der Waals surface area contributed by atoms with Crippen LogP contribution in [0, 0.1) is 0 Å². The van der Waals surface area contributed by atoms with Crippen molar-refractivity contribution in [1.82, 2.24) is 15.0 Å². The van der Waals surface area contributed by atoms with E-state index in [0.29, 0.717) is 5.75 Å². The van der Waals surface area contributed by atoms with E-state index in [2.05, 4.69) is 38.9 Å². The minimum Gasteiger partial charge on any atom is -0.250 e. The van der Waals surface area contributed by atoms with Gasteiger partial charge in [0.25, 0.3) is 0 Å². The van der Waals surface area contributed by atoms with Crippen molar-refractivity contribution in [3.8, 4) is 0 Å². The van der Waals surface area contributed by atoms with Crippen LogP contribution in [0.3, 0.4) is 0 Å². The Morgan fingerprint density at radius 1 is 1.78 bits per heavy atom. The average Bonchev–Trinajstić information content (AvgIpc) is 2.12. The summed E-state index contributed by atoms with van der Waals surface area (Å²) in [6.45, 7) is 0. The highest BCUT2D eigenvalue weighted by atomic mass is 79.9. The number of rotatable bonds is 1. The first-order chi connectivity index (χ1) is 4.25. The average molecular weight is 208 g/mol. The van der Waals surface area contributed by atoms with Gasteiger partial charge in [0.15, 0.2) is 4.60 Å². The zero-order valence-electron chi connectivity index (χ0n) is 4.87. The van der Waals surface area contributed by atoms with Gasteiger partial charge >= 0.3 is 0 Å². The van der Waals surface area contributed by atoms with Crippen LogP contribution in [0.5, 0.6) is 0 Å². The van der Waals surface area contributed by atoms with E-state index >= 15 is 0 Å². The van der Waals surface area contributed by atoms with Crippen molar-refractivity contribution in [2.45, 2.75) is 5.75 Å². The summed E-state index contributed by atoms with van der Waals surface area (Å²) in [5.74, 6) is 0.657. The molecule has 0 atom stereocenters. The fraction of sp³-hybridized carbons (Fsp3) is 0.500. The van der Waals surface area contributed by atoms with E-state index in [1.54, 1.807) is 4.68 Å². The second kappa shape index (κ2) is 2.70. The van der Waals surface area contributed by atoms with Crippen molar-refractivity contribution in [3.63, 3.8) is 0 Å². The fourth-order valence-electron chi connectivity index (χ4n) is 0.519. The molecule has 1 aromatic heterocycles. The van der Waals surface area contributed by atoms with Gasteiger partial charge in [-0.2, -0.15) is 12.6 Å². The third-order valence-electron chi connectivity index (χ3n) is 1.05. The predicted molar refractivity (Wildman–Crippen MR) is 41.4 cm³/mol. The fourth-order valence-corrected chi connectivity index (χ4v) is 1.56. The maximum Gasteiger partial charge on any atom is 0.152 e. The molecule has 5 heteroatoms. The first kappa shape index (κ1) is 7.08. The normalized spacial score (nSPS) is 10.1. The van der Waals surface area contributed by atoms with E-state index in [1.807, 2.05) is 7.05 Å². The Balaban J connectivity index is 3.07. The molecule has 0 unspecified atom stereocenters. The molecule has 3 nitrogen and oxygen atoms in total. The van der Waals surface area contributed by atoms with Gasteiger partial charge in [-0.15, -0.1) is 5.10 Å². The molecule has 0 bridgehead atoms. The lowest BCUT2D eigenvalue weighted by Crippen LogP contribution is -1.95. The number of hydrogen-bond donors (Lipinski definition) is 1. The van der Waals surface area contributed by atoms with Crippen LogP contribution < -0.4 is 0 Å². The molecule has 0 aliphatic heterocycles. The van der Waals surface area contributed by atoms with E-state index < -0.39 is 0 Å². The van der Waals surface area contributed by atoms with Gasteiger partial charge in [-0.1, -0.05) is 5.21 Å². The van der Waals surface area contributed by atoms with Crippen LogP contribution in [0.1, 0.15) is 5.69 Å². The zero-order chi connectivity index (χ0) is 6.85. The van der Waals surface area contributed by atoms with Crippen molar-refractivity contribution < 1.29 is 0 Å². The van der Waals surface area contributed by atoms with Crippen LogP contribution in [-0.2, 0) is 12.8 Å². The molecule has 0 saturated heterocycles. The second-order valence-corrected chi connectivity index (χ2v) is 2.68. The Hall–Kier alpha value is -0.0300. The van der Waals surface area contributed by atoms with E-state index in [1.165, 1.54) is 0 Å². The van der Waals surface area contributed by atoms with Crippen molar-refractivity contribution in [2.75, 3.05) is 0 Å². The SMILES string of the molecule is Cn1nnc(Br)c1CS. The minimum absolute atomic E-state index is 0.657. The molecule has 0 fully saturated rings. The highest BCUT2D eigenvalue weighted by Gasteiger charge is 2.03. The van der Waals surface area contributed by atoms with Crippen molar-refractivity contribution in [3.05, 3.63) is 10.3 Å². The molecule has 0 aliphatic carbocycles. The van der Waals surface area contributed by atoms with Gasteiger partial charge in [-0.25, -0.2) is 0 Å². The first-order valence-electron chi connectivity index (χ1n) is 2.40. The Bertz CT molecular complexity index is 190. The van der Waals surface area contributed by atoms with E-state index in [9.17, 15) is 0 Å². The maximum absolute atomic E-state index is 4.08. The number of thiol groups is 1. The van der Waals surface area contributed by atoms with Crippen LogP contribution >= 0.6 is 28.6 Å². The minimum atomic E-state index is 0.657. The summed E-state index contributed by atoms with van der Waals surface area (Å²) in [6, 6.07) is 0. The molecule has 0 amide bonds. The number of halogens is 1. The van der Waals surface area contributed by atoms with Crippen molar-refractivity contribution in [2.24, 2.45) is 7.05 Å². The second-order valence-electron chi connectivity index (χ2n) is 1.61. The lowest BCUT2D eigenvalue weighted by Gasteiger charge is -1.92. The summed E-state index contributed by atoms with van der Waals surface area (Å²) in [7, 11) is 1.84. The van der Waals surface area contributed by atoms with Gasteiger partial charge in [-0.3, -0.25) is 4.68 Å². The Morgan fingerprint density at radius 3 is 2.67 bits per heavy atom. The molecule has 0 aliphatic rings. The lowest BCUT2D eigenvalue weighted by atomic mass is 10.5. The topological polar surface area (TPSA) is 30.7 Å². The number of aryl methyl sites for hydroxylation is 1. The summed E-state index contributed by atoms with van der Waals surface area (Å²) in [5.41, 5.74) is 0.998. The number of aromatic nitrogens is 3. The highest BCUT2D eigenvalue weighted by Crippen LogP contribution is 2.12. The first-order valence-corrected chi connectivity index (χ1v) is 3.83. The Labute approximate surface area is 67.0 Å². The molecule has 0 radical (unpaired) electrons. The Morgan fingerprint density at radius 2 is 2.44 bits per heavy atom. The quantitative estimate of drug-likeness (QED) is 0.698. The summed E-state index contributed by atoms with van der Waals surface area (Å²) in [6.07, 6.45) is 0. The molecule has 1 heterocycles. The standard InChI is InChI=1S/C4H6BrN3S/c1-8-3(2-9)4(5)6-7-8/h9H,2H2,1H3. The molecule has 0 spiro atoms. The molecular weight excluding hydrogens is 202 g/mol. The molecule has 0 aromatic carbocycles. The molecule has 50 valence electrons. The van der Waals surface area contributed by atoms with Gasteiger partial charge in [0, 0.05) is 12.8 Å². The summed E-state index contributed by atoms with van der Waals surface area (Å²) in [5, 5.41) is 7.53. The van der Waals surface area contributed by atoms with Gasteiger partial charge in [-0.05, 0) is 15.9 Å². The van der Waals surface area contributed by atoms with Crippen LogP contribution in [-0.4, -0.2) is 15.0 Å². The largest absolute Gasteiger partial charge is 0.250 e. The van der Waals surface area contributed by atoms with Crippen molar-refractivity contribution in [1.29, 1.82) is 0 Å². The molecule has 1 aromatic rings. The van der Waals surface area contributed by atoms with Gasteiger partial charge in [0.05, 0.1) is 5.69 Å². The monoisotopic (exact) mass is 207 g/mol. The highest BCUT2D eigenvalue weighted by molar-refractivity contribution is 9.10. The van der Waals surface area contributed by atoms with Crippen LogP contribution in [0.2, 0.25) is 0 Å². The van der Waals surface area contributed by atoms with E-state index in [-0.39, 0.29) is 0 Å². The Kier molecular flexibility index (Phi) is 2.13.